The SMILES string of the molecule is Cc1ccc(OCC(=O)N[C@H](C(=O)O)C(C)C)c(C(C)(C)C)c1. The minimum Gasteiger partial charge on any atom is -0.483 e. The fourth-order valence-corrected chi connectivity index (χ4v) is 2.23. The van der Waals surface area contributed by atoms with Crippen LogP contribution in [0.3, 0.4) is 0 Å². The average Bonchev–Trinajstić information content (AvgIpc) is 2.41. The minimum absolute atomic E-state index is 0.112. The summed E-state index contributed by atoms with van der Waals surface area (Å²) >= 11 is 0. The number of carboxylic acid groups (broad SMARTS) is 1. The van der Waals surface area contributed by atoms with Gasteiger partial charge in [-0.3, -0.25) is 4.79 Å². The molecule has 128 valence electrons. The van der Waals surface area contributed by atoms with Crippen LogP contribution in [0.25, 0.3) is 0 Å². The van der Waals surface area contributed by atoms with Gasteiger partial charge in [-0.2, -0.15) is 0 Å². The molecule has 1 atom stereocenters. The molecule has 1 aromatic rings. The van der Waals surface area contributed by atoms with Crippen molar-refractivity contribution in [1.82, 2.24) is 5.32 Å². The number of benzene rings is 1. The van der Waals surface area contributed by atoms with Crippen molar-refractivity contribution in [2.24, 2.45) is 5.92 Å². The van der Waals surface area contributed by atoms with E-state index >= 15 is 0 Å². The summed E-state index contributed by atoms with van der Waals surface area (Å²) in [6.45, 7) is 11.5. The first-order chi connectivity index (χ1) is 10.5. The molecule has 1 aromatic carbocycles. The first kappa shape index (κ1) is 19.0. The predicted molar refractivity (Wildman–Crippen MR) is 89.8 cm³/mol. The maximum absolute atomic E-state index is 12.0. The molecule has 0 aliphatic heterocycles. The number of carbonyl (C=O) groups excluding carboxylic acids is 1. The van der Waals surface area contributed by atoms with Crippen LogP contribution in [0.5, 0.6) is 5.75 Å². The maximum atomic E-state index is 12.0. The Balaban J connectivity index is 2.79. The average molecular weight is 321 g/mol. The second kappa shape index (κ2) is 7.49. The van der Waals surface area contributed by atoms with Crippen molar-refractivity contribution >= 4 is 11.9 Å². The Hall–Kier alpha value is -2.04. The molecule has 0 heterocycles. The highest BCUT2D eigenvalue weighted by Gasteiger charge is 2.24. The third-order valence-corrected chi connectivity index (χ3v) is 3.55. The first-order valence-electron chi connectivity index (χ1n) is 7.78. The smallest absolute Gasteiger partial charge is 0.326 e. The van der Waals surface area contributed by atoms with E-state index in [0.717, 1.165) is 11.1 Å². The van der Waals surface area contributed by atoms with Gasteiger partial charge in [-0.05, 0) is 29.9 Å². The number of hydrogen-bond donors (Lipinski definition) is 2. The van der Waals surface area contributed by atoms with Gasteiger partial charge in [0.05, 0.1) is 0 Å². The zero-order chi connectivity index (χ0) is 17.8. The predicted octanol–water partition coefficient (Wildman–Crippen LogP) is 2.90. The lowest BCUT2D eigenvalue weighted by molar-refractivity contribution is -0.143. The van der Waals surface area contributed by atoms with Gasteiger partial charge in [0, 0.05) is 0 Å². The normalized spacial score (nSPS) is 12.8. The summed E-state index contributed by atoms with van der Waals surface area (Å²) < 4.78 is 5.64. The zero-order valence-corrected chi connectivity index (χ0v) is 14.8. The molecular formula is C18H27NO4. The summed E-state index contributed by atoms with van der Waals surface area (Å²) in [7, 11) is 0. The molecule has 0 saturated carbocycles. The van der Waals surface area contributed by atoms with E-state index in [0.29, 0.717) is 5.75 Å². The third kappa shape index (κ3) is 5.58. The zero-order valence-electron chi connectivity index (χ0n) is 14.8. The summed E-state index contributed by atoms with van der Waals surface area (Å²) in [5, 5.41) is 11.6. The van der Waals surface area contributed by atoms with E-state index in [1.54, 1.807) is 13.8 Å². The van der Waals surface area contributed by atoms with Crippen molar-refractivity contribution < 1.29 is 19.4 Å². The molecule has 23 heavy (non-hydrogen) atoms. The monoisotopic (exact) mass is 321 g/mol. The molecule has 0 fully saturated rings. The number of amides is 1. The van der Waals surface area contributed by atoms with Gasteiger partial charge in [0.25, 0.3) is 5.91 Å². The first-order valence-corrected chi connectivity index (χ1v) is 7.78. The second-order valence-electron chi connectivity index (χ2n) is 7.17. The van der Waals surface area contributed by atoms with Crippen molar-refractivity contribution in [3.8, 4) is 5.75 Å². The number of nitrogens with one attached hydrogen (secondary N) is 1. The van der Waals surface area contributed by atoms with E-state index in [1.807, 2.05) is 25.1 Å². The molecule has 0 spiro atoms. The maximum Gasteiger partial charge on any atom is 0.326 e. The van der Waals surface area contributed by atoms with Gasteiger partial charge in [-0.15, -0.1) is 0 Å². The van der Waals surface area contributed by atoms with Gasteiger partial charge < -0.3 is 15.2 Å². The Kier molecular flexibility index (Phi) is 6.19. The van der Waals surface area contributed by atoms with Crippen LogP contribution in [0.2, 0.25) is 0 Å². The van der Waals surface area contributed by atoms with Crippen LogP contribution in [0.4, 0.5) is 0 Å². The van der Waals surface area contributed by atoms with Crippen molar-refractivity contribution in [2.45, 2.75) is 53.0 Å². The summed E-state index contributed by atoms with van der Waals surface area (Å²) in [4.78, 5) is 23.1. The summed E-state index contributed by atoms with van der Waals surface area (Å²) in [5.41, 5.74) is 2.03. The van der Waals surface area contributed by atoms with E-state index in [-0.39, 0.29) is 17.9 Å². The van der Waals surface area contributed by atoms with Crippen LogP contribution in [0.1, 0.15) is 45.7 Å². The molecule has 5 nitrogen and oxygen atoms in total. The van der Waals surface area contributed by atoms with Gasteiger partial charge in [0.1, 0.15) is 11.8 Å². The van der Waals surface area contributed by atoms with E-state index in [2.05, 4.69) is 26.1 Å². The molecular weight excluding hydrogens is 294 g/mol. The molecule has 0 aliphatic rings. The molecule has 5 heteroatoms. The van der Waals surface area contributed by atoms with Gasteiger partial charge in [0.15, 0.2) is 6.61 Å². The molecule has 0 bridgehead atoms. The quantitative estimate of drug-likeness (QED) is 0.845. The number of aliphatic carboxylic acids is 1. The second-order valence-corrected chi connectivity index (χ2v) is 7.17. The number of aryl methyl sites for hydroxylation is 1. The molecule has 0 saturated heterocycles. The van der Waals surface area contributed by atoms with Crippen molar-refractivity contribution in [3.05, 3.63) is 29.3 Å². The Bertz CT molecular complexity index is 573. The van der Waals surface area contributed by atoms with Crippen LogP contribution in [-0.2, 0) is 15.0 Å². The Morgan fingerprint density at radius 3 is 2.35 bits per heavy atom. The number of ether oxygens (including phenoxy) is 1. The molecule has 0 radical (unpaired) electrons. The van der Waals surface area contributed by atoms with Gasteiger partial charge in [0.2, 0.25) is 0 Å². The summed E-state index contributed by atoms with van der Waals surface area (Å²) in [6, 6.07) is 4.91. The lowest BCUT2D eigenvalue weighted by Gasteiger charge is -2.24. The number of carbonyl (C=O) groups is 2. The van der Waals surface area contributed by atoms with Crippen molar-refractivity contribution in [3.63, 3.8) is 0 Å². The fourth-order valence-electron chi connectivity index (χ4n) is 2.23. The van der Waals surface area contributed by atoms with Crippen LogP contribution >= 0.6 is 0 Å². The Morgan fingerprint density at radius 1 is 1.26 bits per heavy atom. The van der Waals surface area contributed by atoms with Gasteiger partial charge >= 0.3 is 5.97 Å². The molecule has 1 amide bonds. The van der Waals surface area contributed by atoms with E-state index in [9.17, 15) is 9.59 Å². The van der Waals surface area contributed by atoms with Gasteiger partial charge in [-0.25, -0.2) is 4.79 Å². The standard InChI is InChI=1S/C18H27NO4/c1-11(2)16(17(21)22)19-15(20)10-23-14-8-7-12(3)9-13(14)18(4,5)6/h7-9,11,16H,10H2,1-6H3,(H,19,20)(H,21,22)/t16-/m0/s1. The Morgan fingerprint density at radius 2 is 1.87 bits per heavy atom. The molecule has 0 aliphatic carbocycles. The Labute approximate surface area is 138 Å². The highest BCUT2D eigenvalue weighted by atomic mass is 16.5. The fraction of sp³-hybridized carbons (Fsp3) is 0.556. The molecule has 0 aromatic heterocycles. The highest BCUT2D eigenvalue weighted by molar-refractivity contribution is 5.84. The summed E-state index contributed by atoms with van der Waals surface area (Å²) in [5.74, 6) is -1.03. The number of carboxylic acids is 1. The summed E-state index contributed by atoms with van der Waals surface area (Å²) in [6.07, 6.45) is 0. The van der Waals surface area contributed by atoms with E-state index < -0.39 is 17.9 Å². The minimum atomic E-state index is -1.04. The van der Waals surface area contributed by atoms with E-state index in [4.69, 9.17) is 9.84 Å². The van der Waals surface area contributed by atoms with Crippen molar-refractivity contribution in [2.75, 3.05) is 6.61 Å². The van der Waals surface area contributed by atoms with E-state index in [1.165, 1.54) is 0 Å². The third-order valence-electron chi connectivity index (χ3n) is 3.55. The van der Waals surface area contributed by atoms with Crippen LogP contribution in [0.15, 0.2) is 18.2 Å². The van der Waals surface area contributed by atoms with Crippen LogP contribution in [-0.4, -0.2) is 29.6 Å². The lowest BCUT2D eigenvalue weighted by Crippen LogP contribution is -2.46. The number of hydrogen-bond acceptors (Lipinski definition) is 3. The lowest BCUT2D eigenvalue weighted by atomic mass is 9.85. The highest BCUT2D eigenvalue weighted by Crippen LogP contribution is 2.32. The van der Waals surface area contributed by atoms with Gasteiger partial charge in [-0.1, -0.05) is 52.3 Å². The molecule has 2 N–H and O–H groups in total. The largest absolute Gasteiger partial charge is 0.483 e. The topological polar surface area (TPSA) is 75.6 Å². The molecule has 0 unspecified atom stereocenters. The van der Waals surface area contributed by atoms with Crippen LogP contribution < -0.4 is 10.1 Å². The van der Waals surface area contributed by atoms with Crippen LogP contribution in [0, 0.1) is 12.8 Å². The van der Waals surface area contributed by atoms with Crippen molar-refractivity contribution in [1.29, 1.82) is 0 Å². The molecule has 1 rings (SSSR count). The number of rotatable bonds is 6.